The van der Waals surface area contributed by atoms with E-state index in [1.807, 2.05) is 43.4 Å². The molecule has 0 saturated carbocycles. The molecule has 118 valence electrons. The lowest BCUT2D eigenvalue weighted by atomic mass is 10.1. The first-order valence-corrected chi connectivity index (χ1v) is 7.63. The zero-order chi connectivity index (χ0) is 16.1. The molecule has 2 rings (SSSR count). The van der Waals surface area contributed by atoms with Gasteiger partial charge in [-0.05, 0) is 31.5 Å². The molecule has 0 saturated heterocycles. The van der Waals surface area contributed by atoms with Crippen LogP contribution < -0.4 is 15.6 Å². The highest BCUT2D eigenvalue weighted by molar-refractivity contribution is 5.61. The summed E-state index contributed by atoms with van der Waals surface area (Å²) in [5, 5.41) is 3.36. The number of pyridine rings is 1. The van der Waals surface area contributed by atoms with Gasteiger partial charge in [0, 0.05) is 30.8 Å². The van der Waals surface area contributed by atoms with Crippen LogP contribution in [0.5, 0.6) is 5.75 Å². The molecule has 1 heterocycles. The van der Waals surface area contributed by atoms with Crippen LogP contribution >= 0.6 is 0 Å². The van der Waals surface area contributed by atoms with Gasteiger partial charge in [0.25, 0.3) is 5.56 Å². The first-order valence-electron chi connectivity index (χ1n) is 7.63. The van der Waals surface area contributed by atoms with E-state index in [-0.39, 0.29) is 5.56 Å². The largest absolute Gasteiger partial charge is 0.497 e. The smallest absolute Gasteiger partial charge is 0.255 e. The molecular weight excluding hydrogens is 276 g/mol. The Morgan fingerprint density at radius 3 is 2.73 bits per heavy atom. The number of hydrogen-bond acceptors (Lipinski definition) is 3. The van der Waals surface area contributed by atoms with Crippen molar-refractivity contribution in [2.45, 2.75) is 32.9 Å². The fourth-order valence-electron chi connectivity index (χ4n) is 2.32. The SMILES string of the molecule is CCC(C)NCc1ccc(-c2cccc(OC)c2)n(C)c1=O. The topological polar surface area (TPSA) is 43.3 Å². The second kappa shape index (κ2) is 7.27. The number of nitrogens with one attached hydrogen (secondary N) is 1. The van der Waals surface area contributed by atoms with Crippen molar-refractivity contribution in [2.24, 2.45) is 7.05 Å². The Balaban J connectivity index is 2.32. The molecule has 1 aromatic heterocycles. The van der Waals surface area contributed by atoms with E-state index in [1.54, 1.807) is 11.7 Å². The summed E-state index contributed by atoms with van der Waals surface area (Å²) in [7, 11) is 3.45. The third-order valence-electron chi connectivity index (χ3n) is 4.00. The molecule has 1 aromatic carbocycles. The highest BCUT2D eigenvalue weighted by atomic mass is 16.5. The summed E-state index contributed by atoms with van der Waals surface area (Å²) in [6, 6.07) is 12.0. The van der Waals surface area contributed by atoms with E-state index in [9.17, 15) is 4.79 Å². The van der Waals surface area contributed by atoms with Crippen LogP contribution in [0.1, 0.15) is 25.8 Å². The zero-order valence-corrected chi connectivity index (χ0v) is 13.7. The van der Waals surface area contributed by atoms with Crippen molar-refractivity contribution in [1.82, 2.24) is 9.88 Å². The lowest BCUT2D eigenvalue weighted by molar-refractivity contribution is 0.415. The summed E-state index contributed by atoms with van der Waals surface area (Å²) in [6.07, 6.45) is 1.04. The van der Waals surface area contributed by atoms with Crippen LogP contribution in [0.15, 0.2) is 41.2 Å². The molecule has 22 heavy (non-hydrogen) atoms. The molecule has 2 aromatic rings. The molecule has 1 atom stereocenters. The molecule has 4 heteroatoms. The lowest BCUT2D eigenvalue weighted by Crippen LogP contribution is -2.30. The summed E-state index contributed by atoms with van der Waals surface area (Å²) >= 11 is 0. The summed E-state index contributed by atoms with van der Waals surface area (Å²) in [5.41, 5.74) is 2.68. The predicted molar refractivity (Wildman–Crippen MR) is 90.3 cm³/mol. The van der Waals surface area contributed by atoms with Crippen LogP contribution in [0.3, 0.4) is 0 Å². The van der Waals surface area contributed by atoms with Gasteiger partial charge in [0.1, 0.15) is 5.75 Å². The molecule has 0 bridgehead atoms. The molecule has 0 spiro atoms. The number of nitrogens with zero attached hydrogens (tertiary/aromatic N) is 1. The lowest BCUT2D eigenvalue weighted by Gasteiger charge is -2.14. The Labute approximate surface area is 131 Å². The highest BCUT2D eigenvalue weighted by Gasteiger charge is 2.09. The number of ether oxygens (including phenoxy) is 1. The van der Waals surface area contributed by atoms with Crippen molar-refractivity contribution in [3.8, 4) is 17.0 Å². The van der Waals surface area contributed by atoms with E-state index in [0.717, 1.165) is 29.0 Å². The van der Waals surface area contributed by atoms with Gasteiger partial charge in [0.05, 0.1) is 12.8 Å². The van der Waals surface area contributed by atoms with Crippen molar-refractivity contribution in [1.29, 1.82) is 0 Å². The highest BCUT2D eigenvalue weighted by Crippen LogP contribution is 2.22. The molecule has 0 aliphatic heterocycles. The number of benzene rings is 1. The van der Waals surface area contributed by atoms with Crippen LogP contribution in [0.2, 0.25) is 0 Å². The van der Waals surface area contributed by atoms with E-state index in [0.29, 0.717) is 12.6 Å². The first-order chi connectivity index (χ1) is 10.6. The van der Waals surface area contributed by atoms with Crippen LogP contribution in [0.25, 0.3) is 11.3 Å². The maximum Gasteiger partial charge on any atom is 0.255 e. The molecule has 4 nitrogen and oxygen atoms in total. The van der Waals surface area contributed by atoms with Gasteiger partial charge < -0.3 is 14.6 Å². The number of rotatable bonds is 6. The number of hydrogen-bond donors (Lipinski definition) is 1. The second-order valence-electron chi connectivity index (χ2n) is 5.53. The first kappa shape index (κ1) is 16.3. The van der Waals surface area contributed by atoms with E-state index >= 15 is 0 Å². The minimum atomic E-state index is 0.0381. The van der Waals surface area contributed by atoms with Crippen molar-refractivity contribution in [3.05, 3.63) is 52.3 Å². The monoisotopic (exact) mass is 300 g/mol. The fourth-order valence-corrected chi connectivity index (χ4v) is 2.32. The summed E-state index contributed by atoms with van der Waals surface area (Å²) in [4.78, 5) is 12.5. The van der Waals surface area contributed by atoms with Crippen LogP contribution in [0.4, 0.5) is 0 Å². The van der Waals surface area contributed by atoms with E-state index in [1.165, 1.54) is 0 Å². The average molecular weight is 300 g/mol. The Morgan fingerprint density at radius 2 is 2.05 bits per heavy atom. The molecule has 0 aliphatic carbocycles. The van der Waals surface area contributed by atoms with Gasteiger partial charge in [-0.1, -0.05) is 25.1 Å². The summed E-state index contributed by atoms with van der Waals surface area (Å²) in [5.74, 6) is 0.785. The third kappa shape index (κ3) is 3.57. The molecule has 1 N–H and O–H groups in total. The molecule has 0 amide bonds. The van der Waals surface area contributed by atoms with Crippen molar-refractivity contribution < 1.29 is 4.74 Å². The number of methoxy groups -OCH3 is 1. The van der Waals surface area contributed by atoms with E-state index < -0.39 is 0 Å². The zero-order valence-electron chi connectivity index (χ0n) is 13.7. The van der Waals surface area contributed by atoms with Gasteiger partial charge in [-0.2, -0.15) is 0 Å². The van der Waals surface area contributed by atoms with Gasteiger partial charge in [0.2, 0.25) is 0 Å². The molecular formula is C18H24N2O2. The second-order valence-corrected chi connectivity index (χ2v) is 5.53. The summed E-state index contributed by atoms with van der Waals surface area (Å²) < 4.78 is 6.95. The third-order valence-corrected chi connectivity index (χ3v) is 4.00. The standard InChI is InChI=1S/C18H24N2O2/c1-5-13(2)19-12-15-9-10-17(20(3)18(15)21)14-7-6-8-16(11-14)22-4/h6-11,13,19H,5,12H2,1-4H3. The normalized spacial score (nSPS) is 12.2. The van der Waals surface area contributed by atoms with Crippen molar-refractivity contribution in [3.63, 3.8) is 0 Å². The Kier molecular flexibility index (Phi) is 5.39. The minimum absolute atomic E-state index is 0.0381. The van der Waals surface area contributed by atoms with Crippen LogP contribution in [-0.2, 0) is 13.6 Å². The van der Waals surface area contributed by atoms with Gasteiger partial charge in [0.15, 0.2) is 0 Å². The van der Waals surface area contributed by atoms with Crippen LogP contribution in [-0.4, -0.2) is 17.7 Å². The van der Waals surface area contributed by atoms with E-state index in [2.05, 4.69) is 19.2 Å². The van der Waals surface area contributed by atoms with Crippen molar-refractivity contribution >= 4 is 0 Å². The van der Waals surface area contributed by atoms with Gasteiger partial charge in [-0.15, -0.1) is 0 Å². The van der Waals surface area contributed by atoms with E-state index in [4.69, 9.17) is 4.74 Å². The average Bonchev–Trinajstić information content (AvgIpc) is 2.55. The summed E-state index contributed by atoms with van der Waals surface area (Å²) in [6.45, 7) is 4.84. The predicted octanol–water partition coefficient (Wildman–Crippen LogP) is 2.95. The quantitative estimate of drug-likeness (QED) is 0.892. The molecule has 0 radical (unpaired) electrons. The maximum absolute atomic E-state index is 12.5. The van der Waals surface area contributed by atoms with Crippen molar-refractivity contribution in [2.75, 3.05) is 7.11 Å². The van der Waals surface area contributed by atoms with Gasteiger partial charge in [-0.3, -0.25) is 4.79 Å². The van der Waals surface area contributed by atoms with Gasteiger partial charge in [-0.25, -0.2) is 0 Å². The Hall–Kier alpha value is -2.07. The Bertz CT molecular complexity index is 692. The number of aromatic nitrogens is 1. The molecule has 0 fully saturated rings. The fraction of sp³-hybridized carbons (Fsp3) is 0.389. The van der Waals surface area contributed by atoms with Gasteiger partial charge >= 0.3 is 0 Å². The molecule has 0 aliphatic rings. The Morgan fingerprint density at radius 1 is 1.27 bits per heavy atom. The minimum Gasteiger partial charge on any atom is -0.497 e. The van der Waals surface area contributed by atoms with Crippen LogP contribution in [0, 0.1) is 0 Å². The molecule has 1 unspecified atom stereocenters. The maximum atomic E-state index is 12.5.